The smallest absolute Gasteiger partial charge is 0.409 e. The lowest BCUT2D eigenvalue weighted by Crippen LogP contribution is -2.11. The summed E-state index contributed by atoms with van der Waals surface area (Å²) in [5, 5.41) is 13.9. The third-order valence-corrected chi connectivity index (χ3v) is 2.07. The summed E-state index contributed by atoms with van der Waals surface area (Å²) in [7, 11) is 0. The maximum Gasteiger partial charge on any atom is 0.409 e. The first-order chi connectivity index (χ1) is 6.75. The van der Waals surface area contributed by atoms with Crippen LogP contribution in [0.5, 0.6) is 0 Å². The minimum atomic E-state index is -1.04. The number of carbonyl (C=O) groups is 1. The van der Waals surface area contributed by atoms with Crippen LogP contribution in [0.25, 0.3) is 6.08 Å². The fourth-order valence-electron chi connectivity index (χ4n) is 1.43. The Kier molecular flexibility index (Phi) is 2.10. The lowest BCUT2D eigenvalue weighted by atomic mass is 10.0. The summed E-state index contributed by atoms with van der Waals surface area (Å²) in [6, 6.07) is 5.49. The van der Waals surface area contributed by atoms with Gasteiger partial charge in [0.2, 0.25) is 0 Å². The standard InChI is InChI=1S/C10H10N2O2/c13-10(14)12-9-2-1-8-6-11-4-3-7(8)5-9/h1-5,11-12H,6H2,(H,13,14). The average molecular weight is 190 g/mol. The van der Waals surface area contributed by atoms with E-state index in [0.717, 1.165) is 12.1 Å². The predicted molar refractivity (Wildman–Crippen MR) is 54.0 cm³/mol. The molecular formula is C10H10N2O2. The Morgan fingerprint density at radius 1 is 1.50 bits per heavy atom. The van der Waals surface area contributed by atoms with Crippen LogP contribution < -0.4 is 10.6 Å². The van der Waals surface area contributed by atoms with Crippen LogP contribution >= 0.6 is 0 Å². The fourth-order valence-corrected chi connectivity index (χ4v) is 1.43. The molecule has 14 heavy (non-hydrogen) atoms. The maximum atomic E-state index is 10.4. The maximum absolute atomic E-state index is 10.4. The molecule has 0 unspecified atom stereocenters. The van der Waals surface area contributed by atoms with Gasteiger partial charge in [-0.2, -0.15) is 0 Å². The highest BCUT2D eigenvalue weighted by Gasteiger charge is 2.05. The van der Waals surface area contributed by atoms with Crippen LogP contribution in [-0.4, -0.2) is 11.2 Å². The quantitative estimate of drug-likeness (QED) is 0.633. The molecule has 0 spiro atoms. The molecule has 3 N–H and O–H groups in total. The number of anilines is 1. The third kappa shape index (κ3) is 1.69. The second kappa shape index (κ2) is 3.41. The number of amides is 1. The minimum absolute atomic E-state index is 0.600. The van der Waals surface area contributed by atoms with Crippen molar-refractivity contribution in [1.29, 1.82) is 0 Å². The number of fused-ring (bicyclic) bond motifs is 1. The Bertz CT molecular complexity index is 399. The van der Waals surface area contributed by atoms with Gasteiger partial charge in [0, 0.05) is 12.2 Å². The van der Waals surface area contributed by atoms with Crippen molar-refractivity contribution in [2.24, 2.45) is 0 Å². The van der Waals surface area contributed by atoms with Crippen molar-refractivity contribution in [2.75, 3.05) is 5.32 Å². The van der Waals surface area contributed by atoms with E-state index in [1.165, 1.54) is 5.56 Å². The zero-order chi connectivity index (χ0) is 9.97. The summed E-state index contributed by atoms with van der Waals surface area (Å²) in [5.41, 5.74) is 2.82. The monoisotopic (exact) mass is 190 g/mol. The topological polar surface area (TPSA) is 61.4 Å². The van der Waals surface area contributed by atoms with Gasteiger partial charge in [0.05, 0.1) is 0 Å². The van der Waals surface area contributed by atoms with Crippen LogP contribution in [0.4, 0.5) is 10.5 Å². The van der Waals surface area contributed by atoms with Gasteiger partial charge in [0.1, 0.15) is 0 Å². The molecule has 1 aromatic rings. The van der Waals surface area contributed by atoms with E-state index in [-0.39, 0.29) is 0 Å². The summed E-state index contributed by atoms with van der Waals surface area (Å²) >= 11 is 0. The third-order valence-electron chi connectivity index (χ3n) is 2.07. The van der Waals surface area contributed by atoms with E-state index in [4.69, 9.17) is 5.11 Å². The Morgan fingerprint density at radius 3 is 3.14 bits per heavy atom. The number of nitrogens with one attached hydrogen (secondary N) is 2. The molecule has 4 nitrogen and oxygen atoms in total. The number of rotatable bonds is 1. The van der Waals surface area contributed by atoms with Crippen molar-refractivity contribution >= 4 is 17.9 Å². The van der Waals surface area contributed by atoms with Crippen molar-refractivity contribution in [2.45, 2.75) is 6.54 Å². The summed E-state index contributed by atoms with van der Waals surface area (Å²) in [6.07, 6.45) is 2.74. The number of carboxylic acid groups (broad SMARTS) is 1. The predicted octanol–water partition coefficient (Wildman–Crippen LogP) is 1.85. The van der Waals surface area contributed by atoms with Crippen LogP contribution in [-0.2, 0) is 6.54 Å². The average Bonchev–Trinajstić information content (AvgIpc) is 2.17. The Morgan fingerprint density at radius 2 is 2.36 bits per heavy atom. The van der Waals surface area contributed by atoms with Crippen LogP contribution in [0.1, 0.15) is 11.1 Å². The van der Waals surface area contributed by atoms with Gasteiger partial charge < -0.3 is 10.4 Å². The highest BCUT2D eigenvalue weighted by atomic mass is 16.4. The fraction of sp³-hybridized carbons (Fsp3) is 0.100. The Balaban J connectivity index is 2.30. The molecule has 4 heteroatoms. The van der Waals surface area contributed by atoms with Crippen molar-refractivity contribution in [3.63, 3.8) is 0 Å². The van der Waals surface area contributed by atoms with E-state index >= 15 is 0 Å². The van der Waals surface area contributed by atoms with Gasteiger partial charge in [-0.3, -0.25) is 5.32 Å². The molecule has 0 radical (unpaired) electrons. The second-order valence-electron chi connectivity index (χ2n) is 3.06. The lowest BCUT2D eigenvalue weighted by molar-refractivity contribution is 0.210. The van der Waals surface area contributed by atoms with E-state index in [0.29, 0.717) is 5.69 Å². The van der Waals surface area contributed by atoms with Crippen LogP contribution in [0.3, 0.4) is 0 Å². The molecule has 0 saturated heterocycles. The summed E-state index contributed by atoms with van der Waals surface area (Å²) < 4.78 is 0. The molecule has 1 amide bonds. The summed E-state index contributed by atoms with van der Waals surface area (Å²) in [5.74, 6) is 0. The largest absolute Gasteiger partial charge is 0.465 e. The summed E-state index contributed by atoms with van der Waals surface area (Å²) in [6.45, 7) is 0.791. The van der Waals surface area contributed by atoms with E-state index in [1.807, 2.05) is 24.4 Å². The van der Waals surface area contributed by atoms with Gasteiger partial charge in [-0.15, -0.1) is 0 Å². The van der Waals surface area contributed by atoms with Gasteiger partial charge in [0.15, 0.2) is 0 Å². The van der Waals surface area contributed by atoms with E-state index in [2.05, 4.69) is 10.6 Å². The second-order valence-corrected chi connectivity index (χ2v) is 3.06. The molecule has 1 heterocycles. The first kappa shape index (κ1) is 8.62. The molecule has 0 aliphatic carbocycles. The molecule has 72 valence electrons. The molecule has 0 bridgehead atoms. The molecule has 1 aliphatic heterocycles. The molecule has 0 aromatic heterocycles. The Hall–Kier alpha value is -1.97. The Labute approximate surface area is 81.3 Å². The van der Waals surface area contributed by atoms with Gasteiger partial charge in [-0.1, -0.05) is 6.07 Å². The zero-order valence-corrected chi connectivity index (χ0v) is 7.45. The number of hydrogen-bond donors (Lipinski definition) is 3. The molecule has 1 aliphatic rings. The molecule has 1 aromatic carbocycles. The van der Waals surface area contributed by atoms with Gasteiger partial charge >= 0.3 is 6.09 Å². The normalized spacial score (nSPS) is 12.9. The zero-order valence-electron chi connectivity index (χ0n) is 7.45. The van der Waals surface area contributed by atoms with Crippen LogP contribution in [0.15, 0.2) is 24.4 Å². The molecule has 0 fully saturated rings. The first-order valence-corrected chi connectivity index (χ1v) is 4.28. The van der Waals surface area contributed by atoms with Gasteiger partial charge in [-0.05, 0) is 35.5 Å². The van der Waals surface area contributed by atoms with Crippen LogP contribution in [0, 0.1) is 0 Å². The van der Waals surface area contributed by atoms with Crippen molar-refractivity contribution in [3.05, 3.63) is 35.5 Å². The van der Waals surface area contributed by atoms with Crippen molar-refractivity contribution in [3.8, 4) is 0 Å². The van der Waals surface area contributed by atoms with E-state index < -0.39 is 6.09 Å². The first-order valence-electron chi connectivity index (χ1n) is 4.28. The van der Waals surface area contributed by atoms with Crippen LogP contribution in [0.2, 0.25) is 0 Å². The molecule has 0 atom stereocenters. The van der Waals surface area contributed by atoms with Crippen molar-refractivity contribution < 1.29 is 9.90 Å². The highest BCUT2D eigenvalue weighted by molar-refractivity contribution is 5.83. The minimum Gasteiger partial charge on any atom is -0.465 e. The SMILES string of the molecule is O=C(O)Nc1ccc2c(c1)C=CNC2. The molecular weight excluding hydrogens is 180 g/mol. The number of hydrogen-bond acceptors (Lipinski definition) is 2. The number of benzene rings is 1. The van der Waals surface area contributed by atoms with Gasteiger partial charge in [0.25, 0.3) is 0 Å². The highest BCUT2D eigenvalue weighted by Crippen LogP contribution is 2.19. The summed E-state index contributed by atoms with van der Waals surface area (Å²) in [4.78, 5) is 10.4. The van der Waals surface area contributed by atoms with E-state index in [9.17, 15) is 4.79 Å². The van der Waals surface area contributed by atoms with E-state index in [1.54, 1.807) is 6.07 Å². The van der Waals surface area contributed by atoms with Crippen molar-refractivity contribution in [1.82, 2.24) is 5.32 Å². The van der Waals surface area contributed by atoms with Gasteiger partial charge in [-0.25, -0.2) is 4.79 Å². The lowest BCUT2D eigenvalue weighted by Gasteiger charge is -2.12. The molecule has 2 rings (SSSR count). The molecule has 0 saturated carbocycles.